The zero-order valence-corrected chi connectivity index (χ0v) is 10.5. The van der Waals surface area contributed by atoms with Crippen LogP contribution in [0, 0.1) is 0 Å². The summed E-state index contributed by atoms with van der Waals surface area (Å²) in [6.45, 7) is 0.211. The van der Waals surface area contributed by atoms with Gasteiger partial charge in [0.25, 0.3) is 0 Å². The average molecular weight is 275 g/mol. The number of amides is 2. The van der Waals surface area contributed by atoms with Crippen LogP contribution in [-0.2, 0) is 9.59 Å². The van der Waals surface area contributed by atoms with Gasteiger partial charge in [-0.2, -0.15) is 0 Å². The van der Waals surface area contributed by atoms with E-state index in [0.29, 0.717) is 10.7 Å². The van der Waals surface area contributed by atoms with E-state index in [1.807, 2.05) is 0 Å². The summed E-state index contributed by atoms with van der Waals surface area (Å²) in [7, 11) is 0. The maximum absolute atomic E-state index is 11.6. The van der Waals surface area contributed by atoms with Crippen molar-refractivity contribution in [2.75, 3.05) is 17.3 Å². The molecule has 2 amide bonds. The highest BCUT2D eigenvalue weighted by molar-refractivity contribution is 6.31. The topological polar surface area (TPSA) is 63.4 Å². The van der Waals surface area contributed by atoms with Crippen LogP contribution in [-0.4, -0.2) is 24.2 Å². The minimum Gasteiger partial charge on any atom is -0.370 e. The van der Waals surface area contributed by atoms with Crippen molar-refractivity contribution in [2.24, 2.45) is 5.73 Å². The van der Waals surface area contributed by atoms with E-state index in [-0.39, 0.29) is 24.8 Å². The molecule has 0 spiro atoms. The summed E-state index contributed by atoms with van der Waals surface area (Å²) in [5.74, 6) is -0.900. The van der Waals surface area contributed by atoms with E-state index in [0.717, 1.165) is 0 Å². The number of anilines is 1. The third kappa shape index (κ3) is 4.24. The second-order valence-electron chi connectivity index (χ2n) is 3.37. The molecule has 0 unspecified atom stereocenters. The number of halogens is 2. The van der Waals surface area contributed by atoms with Crippen molar-refractivity contribution in [1.29, 1.82) is 0 Å². The molecule has 17 heavy (non-hydrogen) atoms. The highest BCUT2D eigenvalue weighted by atomic mass is 35.5. The van der Waals surface area contributed by atoms with Gasteiger partial charge in [0.05, 0.1) is 0 Å². The first-order valence-corrected chi connectivity index (χ1v) is 5.86. The van der Waals surface area contributed by atoms with Crippen LogP contribution < -0.4 is 10.6 Å². The molecule has 0 saturated heterocycles. The molecule has 1 aromatic rings. The fraction of sp³-hybridized carbons (Fsp3) is 0.273. The smallest absolute Gasteiger partial charge is 0.241 e. The summed E-state index contributed by atoms with van der Waals surface area (Å²) in [4.78, 5) is 23.8. The molecule has 0 saturated carbocycles. The Labute approximate surface area is 109 Å². The van der Waals surface area contributed by atoms with Gasteiger partial charge >= 0.3 is 0 Å². The number of nitrogens with zero attached hydrogens (tertiary/aromatic N) is 1. The largest absolute Gasteiger partial charge is 0.370 e. The van der Waals surface area contributed by atoms with Gasteiger partial charge in [0.2, 0.25) is 11.8 Å². The fourth-order valence-electron chi connectivity index (χ4n) is 1.31. The molecule has 0 aromatic heterocycles. The van der Waals surface area contributed by atoms with Gasteiger partial charge in [-0.05, 0) is 24.3 Å². The zero-order valence-electron chi connectivity index (χ0n) is 9.03. The molecule has 0 fully saturated rings. The molecule has 0 aliphatic heterocycles. The van der Waals surface area contributed by atoms with Crippen molar-refractivity contribution in [3.05, 3.63) is 29.3 Å². The second-order valence-corrected chi connectivity index (χ2v) is 4.08. The molecule has 0 atom stereocenters. The number of benzene rings is 1. The van der Waals surface area contributed by atoms with E-state index in [1.165, 1.54) is 4.90 Å². The molecule has 1 rings (SSSR count). The number of primary amides is 1. The second kappa shape index (κ2) is 6.47. The summed E-state index contributed by atoms with van der Waals surface area (Å²) in [6, 6.07) is 6.70. The third-order valence-electron chi connectivity index (χ3n) is 2.14. The summed E-state index contributed by atoms with van der Waals surface area (Å²) < 4.78 is 0. The SMILES string of the molecule is NC(=O)CCN(C(=O)CCl)c1ccc(Cl)cc1. The van der Waals surface area contributed by atoms with E-state index >= 15 is 0 Å². The number of carbonyl (C=O) groups is 2. The number of hydrogen-bond donors (Lipinski definition) is 1. The van der Waals surface area contributed by atoms with Gasteiger partial charge in [-0.15, -0.1) is 11.6 Å². The summed E-state index contributed by atoms with van der Waals surface area (Å²) >= 11 is 11.3. The van der Waals surface area contributed by atoms with E-state index in [9.17, 15) is 9.59 Å². The van der Waals surface area contributed by atoms with E-state index in [2.05, 4.69) is 0 Å². The fourth-order valence-corrected chi connectivity index (χ4v) is 1.58. The Balaban J connectivity index is 2.85. The van der Waals surface area contributed by atoms with Gasteiger partial charge in [-0.25, -0.2) is 0 Å². The molecule has 0 aliphatic rings. The standard InChI is InChI=1S/C11H12Cl2N2O2/c12-7-11(17)15(6-5-10(14)16)9-3-1-8(13)2-4-9/h1-4H,5-7H2,(H2,14,16). The molecule has 1 aromatic carbocycles. The van der Waals surface area contributed by atoms with Crippen molar-refractivity contribution < 1.29 is 9.59 Å². The van der Waals surface area contributed by atoms with E-state index in [1.54, 1.807) is 24.3 Å². The number of nitrogens with two attached hydrogens (primary N) is 1. The first-order chi connectivity index (χ1) is 8.04. The van der Waals surface area contributed by atoms with Crippen LogP contribution in [0.5, 0.6) is 0 Å². The molecule has 2 N–H and O–H groups in total. The van der Waals surface area contributed by atoms with Crippen LogP contribution in [0.15, 0.2) is 24.3 Å². The molecule has 4 nitrogen and oxygen atoms in total. The quantitative estimate of drug-likeness (QED) is 0.832. The van der Waals surface area contributed by atoms with Gasteiger partial charge in [0.15, 0.2) is 0 Å². The monoisotopic (exact) mass is 274 g/mol. The normalized spacial score (nSPS) is 10.0. The van der Waals surface area contributed by atoms with Crippen molar-refractivity contribution >= 4 is 40.7 Å². The Bertz CT molecular complexity index is 406. The van der Waals surface area contributed by atoms with E-state index in [4.69, 9.17) is 28.9 Å². The minimum absolute atomic E-state index is 0.0885. The lowest BCUT2D eigenvalue weighted by Gasteiger charge is -2.21. The molecule has 92 valence electrons. The highest BCUT2D eigenvalue weighted by Gasteiger charge is 2.15. The Hall–Kier alpha value is -1.26. The maximum atomic E-state index is 11.6. The van der Waals surface area contributed by atoms with Crippen LogP contribution in [0.1, 0.15) is 6.42 Å². The van der Waals surface area contributed by atoms with Crippen LogP contribution in [0.3, 0.4) is 0 Å². The van der Waals surface area contributed by atoms with Gasteiger partial charge in [-0.1, -0.05) is 11.6 Å². The first-order valence-electron chi connectivity index (χ1n) is 4.95. The number of rotatable bonds is 5. The minimum atomic E-state index is -0.466. The number of carbonyl (C=O) groups excluding carboxylic acids is 2. The highest BCUT2D eigenvalue weighted by Crippen LogP contribution is 2.18. The number of hydrogen-bond acceptors (Lipinski definition) is 2. The van der Waals surface area contributed by atoms with Gasteiger partial charge in [0, 0.05) is 23.7 Å². The molecule has 0 aliphatic carbocycles. The molecule has 0 bridgehead atoms. The van der Waals surface area contributed by atoms with Crippen LogP contribution >= 0.6 is 23.2 Å². The molecule has 0 radical (unpaired) electrons. The Morgan fingerprint density at radius 2 is 1.82 bits per heavy atom. The van der Waals surface area contributed by atoms with Gasteiger partial charge in [0.1, 0.15) is 5.88 Å². The summed E-state index contributed by atoms with van der Waals surface area (Å²) in [5, 5.41) is 0.571. The van der Waals surface area contributed by atoms with Crippen molar-refractivity contribution in [3.63, 3.8) is 0 Å². The lowest BCUT2D eigenvalue weighted by molar-refractivity contribution is -0.118. The Morgan fingerprint density at radius 3 is 2.29 bits per heavy atom. The summed E-state index contributed by atoms with van der Waals surface area (Å²) in [6.07, 6.45) is 0.0885. The van der Waals surface area contributed by atoms with Crippen LogP contribution in [0.2, 0.25) is 5.02 Å². The van der Waals surface area contributed by atoms with E-state index < -0.39 is 5.91 Å². The average Bonchev–Trinajstić information content (AvgIpc) is 2.30. The van der Waals surface area contributed by atoms with Crippen molar-refractivity contribution in [3.8, 4) is 0 Å². The predicted molar refractivity (Wildman–Crippen MR) is 68.3 cm³/mol. The molecular formula is C11H12Cl2N2O2. The lowest BCUT2D eigenvalue weighted by atomic mass is 10.2. The Kier molecular flexibility index (Phi) is 5.25. The van der Waals surface area contributed by atoms with Gasteiger partial charge in [-0.3, -0.25) is 9.59 Å². The predicted octanol–water partition coefficient (Wildman–Crippen LogP) is 1.79. The lowest BCUT2D eigenvalue weighted by Crippen LogP contribution is -2.34. The molecule has 6 heteroatoms. The van der Waals surface area contributed by atoms with Gasteiger partial charge < -0.3 is 10.6 Å². The van der Waals surface area contributed by atoms with Crippen molar-refractivity contribution in [2.45, 2.75) is 6.42 Å². The molecular weight excluding hydrogens is 263 g/mol. The maximum Gasteiger partial charge on any atom is 0.241 e. The number of alkyl halides is 1. The summed E-state index contributed by atoms with van der Waals surface area (Å²) in [5.41, 5.74) is 5.69. The third-order valence-corrected chi connectivity index (χ3v) is 2.62. The van der Waals surface area contributed by atoms with Crippen molar-refractivity contribution in [1.82, 2.24) is 0 Å². The molecule has 0 heterocycles. The zero-order chi connectivity index (χ0) is 12.8. The van der Waals surface area contributed by atoms with Crippen LogP contribution in [0.25, 0.3) is 0 Å². The Morgan fingerprint density at radius 1 is 1.24 bits per heavy atom. The van der Waals surface area contributed by atoms with Crippen LogP contribution in [0.4, 0.5) is 5.69 Å². The first kappa shape index (κ1) is 13.8.